The molecule has 1 aliphatic rings. The van der Waals surface area contributed by atoms with Crippen LogP contribution in [-0.4, -0.2) is 22.6 Å². The number of nitrogens with zero attached hydrogens (tertiary/aromatic N) is 1. The molecule has 0 radical (unpaired) electrons. The van der Waals surface area contributed by atoms with Crippen LogP contribution >= 0.6 is 0 Å². The van der Waals surface area contributed by atoms with Crippen molar-refractivity contribution in [3.63, 3.8) is 0 Å². The quantitative estimate of drug-likeness (QED) is 0.759. The molecule has 0 spiro atoms. The van der Waals surface area contributed by atoms with Gasteiger partial charge in [-0.3, -0.25) is 4.98 Å². The van der Waals surface area contributed by atoms with Gasteiger partial charge in [-0.25, -0.2) is 4.79 Å². The molecule has 0 unspecified atom stereocenters. The SMILES string of the molecule is O=C(O)c1ccc(CNCCC2CCCC2)nc1. The van der Waals surface area contributed by atoms with E-state index >= 15 is 0 Å². The van der Waals surface area contributed by atoms with E-state index in [1.54, 1.807) is 12.1 Å². The average molecular weight is 248 g/mol. The van der Waals surface area contributed by atoms with Crippen molar-refractivity contribution >= 4 is 5.97 Å². The number of carboxylic acid groups (broad SMARTS) is 1. The average Bonchev–Trinajstić information content (AvgIpc) is 2.88. The summed E-state index contributed by atoms with van der Waals surface area (Å²) < 4.78 is 0. The standard InChI is InChI=1S/C14H20N2O2/c17-14(18)12-5-6-13(16-9-12)10-15-8-7-11-3-1-2-4-11/h5-6,9,11,15H,1-4,7-8,10H2,(H,17,18). The van der Waals surface area contributed by atoms with Gasteiger partial charge in [-0.15, -0.1) is 0 Å². The highest BCUT2D eigenvalue weighted by molar-refractivity contribution is 5.87. The number of pyridine rings is 1. The molecule has 1 heterocycles. The molecule has 2 rings (SSSR count). The van der Waals surface area contributed by atoms with Gasteiger partial charge in [0.15, 0.2) is 0 Å². The summed E-state index contributed by atoms with van der Waals surface area (Å²) in [7, 11) is 0. The summed E-state index contributed by atoms with van der Waals surface area (Å²) in [6, 6.07) is 3.37. The van der Waals surface area contributed by atoms with Gasteiger partial charge in [0.1, 0.15) is 0 Å². The first-order valence-electron chi connectivity index (χ1n) is 6.64. The van der Waals surface area contributed by atoms with Crippen LogP contribution in [0.15, 0.2) is 18.3 Å². The molecule has 4 nitrogen and oxygen atoms in total. The van der Waals surface area contributed by atoms with Gasteiger partial charge < -0.3 is 10.4 Å². The van der Waals surface area contributed by atoms with E-state index < -0.39 is 5.97 Å². The number of aromatic carboxylic acids is 1. The molecule has 0 aliphatic heterocycles. The lowest BCUT2D eigenvalue weighted by Crippen LogP contribution is -2.17. The van der Waals surface area contributed by atoms with Gasteiger partial charge in [0.2, 0.25) is 0 Å². The van der Waals surface area contributed by atoms with Crippen molar-refractivity contribution in [1.82, 2.24) is 10.3 Å². The third kappa shape index (κ3) is 3.81. The van der Waals surface area contributed by atoms with Crippen LogP contribution in [0.3, 0.4) is 0 Å². The van der Waals surface area contributed by atoms with Crippen molar-refractivity contribution in [2.45, 2.75) is 38.6 Å². The zero-order chi connectivity index (χ0) is 12.8. The minimum atomic E-state index is -0.928. The molecule has 0 saturated heterocycles. The second-order valence-corrected chi connectivity index (χ2v) is 4.96. The number of rotatable bonds is 6. The number of carbonyl (C=O) groups is 1. The number of nitrogens with one attached hydrogen (secondary N) is 1. The Balaban J connectivity index is 1.68. The van der Waals surface area contributed by atoms with E-state index in [2.05, 4.69) is 10.3 Å². The van der Waals surface area contributed by atoms with E-state index in [4.69, 9.17) is 5.11 Å². The highest BCUT2D eigenvalue weighted by atomic mass is 16.4. The Kier molecular flexibility index (Phi) is 4.70. The fraction of sp³-hybridized carbons (Fsp3) is 0.571. The summed E-state index contributed by atoms with van der Waals surface area (Å²) in [6.07, 6.45) is 8.20. The summed E-state index contributed by atoms with van der Waals surface area (Å²) in [6.45, 7) is 1.74. The molecule has 1 saturated carbocycles. The normalized spacial score (nSPS) is 16.0. The van der Waals surface area contributed by atoms with Gasteiger partial charge in [0, 0.05) is 12.7 Å². The first-order valence-corrected chi connectivity index (χ1v) is 6.64. The lowest BCUT2D eigenvalue weighted by atomic mass is 10.0. The highest BCUT2D eigenvalue weighted by Crippen LogP contribution is 2.26. The molecule has 0 aromatic carbocycles. The third-order valence-corrected chi connectivity index (χ3v) is 3.58. The molecule has 18 heavy (non-hydrogen) atoms. The van der Waals surface area contributed by atoms with E-state index in [1.165, 1.54) is 38.3 Å². The van der Waals surface area contributed by atoms with Crippen LogP contribution in [0, 0.1) is 5.92 Å². The zero-order valence-corrected chi connectivity index (χ0v) is 10.6. The highest BCUT2D eigenvalue weighted by Gasteiger charge is 2.13. The predicted octanol–water partition coefficient (Wildman–Crippen LogP) is 2.45. The molecule has 0 amide bonds. The summed E-state index contributed by atoms with van der Waals surface area (Å²) >= 11 is 0. The van der Waals surface area contributed by atoms with Gasteiger partial charge in [0.05, 0.1) is 11.3 Å². The number of aromatic nitrogens is 1. The molecular formula is C14H20N2O2. The minimum absolute atomic E-state index is 0.240. The number of hydrogen-bond donors (Lipinski definition) is 2. The molecular weight excluding hydrogens is 228 g/mol. The Hall–Kier alpha value is -1.42. The van der Waals surface area contributed by atoms with Crippen molar-refractivity contribution in [3.8, 4) is 0 Å². The Morgan fingerprint density at radius 3 is 2.78 bits per heavy atom. The zero-order valence-electron chi connectivity index (χ0n) is 10.6. The Morgan fingerprint density at radius 1 is 1.39 bits per heavy atom. The number of carboxylic acids is 1. The molecule has 1 aliphatic carbocycles. The van der Waals surface area contributed by atoms with Crippen LogP contribution in [0.25, 0.3) is 0 Å². The van der Waals surface area contributed by atoms with Crippen molar-refractivity contribution in [1.29, 1.82) is 0 Å². The maximum atomic E-state index is 10.7. The minimum Gasteiger partial charge on any atom is -0.478 e. The van der Waals surface area contributed by atoms with E-state index in [1.807, 2.05) is 0 Å². The molecule has 2 N–H and O–H groups in total. The van der Waals surface area contributed by atoms with Crippen LogP contribution < -0.4 is 5.32 Å². The van der Waals surface area contributed by atoms with Gasteiger partial charge in [0.25, 0.3) is 0 Å². The molecule has 98 valence electrons. The van der Waals surface area contributed by atoms with Crippen LogP contribution in [-0.2, 0) is 6.54 Å². The fourth-order valence-electron chi connectivity index (χ4n) is 2.48. The van der Waals surface area contributed by atoms with Crippen LogP contribution in [0.4, 0.5) is 0 Å². The van der Waals surface area contributed by atoms with Gasteiger partial charge >= 0.3 is 5.97 Å². The maximum Gasteiger partial charge on any atom is 0.337 e. The summed E-state index contributed by atoms with van der Waals surface area (Å²) in [4.78, 5) is 14.8. The van der Waals surface area contributed by atoms with E-state index in [-0.39, 0.29) is 5.56 Å². The summed E-state index contributed by atoms with van der Waals surface area (Å²) in [5.41, 5.74) is 1.14. The molecule has 1 aromatic heterocycles. The first kappa shape index (κ1) is 13.0. The Bertz CT molecular complexity index is 383. The van der Waals surface area contributed by atoms with Crippen molar-refractivity contribution in [3.05, 3.63) is 29.6 Å². The first-order chi connectivity index (χ1) is 8.75. The topological polar surface area (TPSA) is 62.2 Å². The molecule has 1 aromatic rings. The smallest absolute Gasteiger partial charge is 0.337 e. The molecule has 0 atom stereocenters. The van der Waals surface area contributed by atoms with Gasteiger partial charge in [-0.1, -0.05) is 25.7 Å². The Morgan fingerprint density at radius 2 is 2.17 bits per heavy atom. The third-order valence-electron chi connectivity index (χ3n) is 3.58. The van der Waals surface area contributed by atoms with Crippen LogP contribution in [0.1, 0.15) is 48.2 Å². The largest absolute Gasteiger partial charge is 0.478 e. The Labute approximate surface area is 107 Å². The van der Waals surface area contributed by atoms with Crippen LogP contribution in [0.5, 0.6) is 0 Å². The fourth-order valence-corrected chi connectivity index (χ4v) is 2.48. The van der Waals surface area contributed by atoms with E-state index in [9.17, 15) is 4.79 Å². The second-order valence-electron chi connectivity index (χ2n) is 4.96. The maximum absolute atomic E-state index is 10.7. The van der Waals surface area contributed by atoms with E-state index in [0.29, 0.717) is 6.54 Å². The lowest BCUT2D eigenvalue weighted by molar-refractivity contribution is 0.0696. The van der Waals surface area contributed by atoms with Crippen LogP contribution in [0.2, 0.25) is 0 Å². The van der Waals surface area contributed by atoms with Crippen molar-refractivity contribution in [2.24, 2.45) is 5.92 Å². The second kappa shape index (κ2) is 6.50. The van der Waals surface area contributed by atoms with Crippen molar-refractivity contribution < 1.29 is 9.90 Å². The lowest BCUT2D eigenvalue weighted by Gasteiger charge is -2.09. The summed E-state index contributed by atoms with van der Waals surface area (Å²) in [5.74, 6) is -0.0249. The monoisotopic (exact) mass is 248 g/mol. The van der Waals surface area contributed by atoms with Gasteiger partial charge in [-0.05, 0) is 31.0 Å². The number of hydrogen-bond acceptors (Lipinski definition) is 3. The van der Waals surface area contributed by atoms with Gasteiger partial charge in [-0.2, -0.15) is 0 Å². The van der Waals surface area contributed by atoms with Crippen molar-refractivity contribution in [2.75, 3.05) is 6.54 Å². The predicted molar refractivity (Wildman–Crippen MR) is 69.5 cm³/mol. The molecule has 4 heteroatoms. The molecule has 0 bridgehead atoms. The molecule has 1 fully saturated rings. The van der Waals surface area contributed by atoms with E-state index in [0.717, 1.165) is 18.2 Å². The summed E-state index contributed by atoms with van der Waals surface area (Å²) in [5, 5.41) is 12.1.